The lowest BCUT2D eigenvalue weighted by molar-refractivity contribution is 0.0224. The molecule has 0 atom stereocenters. The van der Waals surface area contributed by atoms with Gasteiger partial charge in [-0.15, -0.1) is 0 Å². The van der Waals surface area contributed by atoms with Gasteiger partial charge in [0.25, 0.3) is 0 Å². The molecule has 0 aliphatic carbocycles. The second-order valence-electron chi connectivity index (χ2n) is 6.64. The Hall–Kier alpha value is -3.34. The zero-order valence-corrected chi connectivity index (χ0v) is 15.0. The molecule has 0 amide bonds. The highest BCUT2D eigenvalue weighted by Crippen LogP contribution is 2.56. The van der Waals surface area contributed by atoms with Crippen LogP contribution < -0.4 is 15.2 Å². The maximum atomic E-state index is 12.7. The summed E-state index contributed by atoms with van der Waals surface area (Å²) >= 11 is 0. The van der Waals surface area contributed by atoms with Crippen molar-refractivity contribution in [1.29, 1.82) is 0 Å². The predicted molar refractivity (Wildman–Crippen MR) is 109 cm³/mol. The number of rotatable bonds is 2. The second-order valence-corrected chi connectivity index (χ2v) is 6.64. The fourth-order valence-electron chi connectivity index (χ4n) is 3.99. The zero-order chi connectivity index (χ0) is 18.6. The van der Waals surface area contributed by atoms with E-state index in [1.165, 1.54) is 0 Å². The van der Waals surface area contributed by atoms with Gasteiger partial charge in [0.15, 0.2) is 5.60 Å². The Morgan fingerprint density at radius 2 is 1.37 bits per heavy atom. The summed E-state index contributed by atoms with van der Waals surface area (Å²) in [7, 11) is 3.72. The summed E-state index contributed by atoms with van der Waals surface area (Å²) in [6.45, 7) is 0. The van der Waals surface area contributed by atoms with Crippen molar-refractivity contribution in [3.8, 4) is 11.5 Å². The van der Waals surface area contributed by atoms with E-state index in [9.17, 15) is 4.79 Å². The van der Waals surface area contributed by atoms with Crippen LogP contribution in [0.3, 0.4) is 0 Å². The van der Waals surface area contributed by atoms with Gasteiger partial charge in [-0.05, 0) is 30.3 Å². The van der Waals surface area contributed by atoms with Crippen molar-refractivity contribution in [1.82, 2.24) is 0 Å². The quantitative estimate of drug-likeness (QED) is 0.546. The van der Waals surface area contributed by atoms with Gasteiger partial charge in [-0.3, -0.25) is 0 Å². The third kappa shape index (κ3) is 2.05. The molecule has 3 aromatic rings. The van der Waals surface area contributed by atoms with Crippen molar-refractivity contribution in [2.75, 3.05) is 10.5 Å². The fourth-order valence-corrected chi connectivity index (χ4v) is 3.99. The minimum absolute atomic E-state index is 0.320. The molecule has 2 N–H and O–H groups in total. The lowest BCUT2D eigenvalue weighted by atomic mass is 9.77. The number of hydrogen-bond donors (Lipinski definition) is 2. The third-order valence-corrected chi connectivity index (χ3v) is 5.29. The minimum Gasteiger partial charge on any atom is -0.456 e. The Bertz CT molecular complexity index is 1050. The summed E-state index contributed by atoms with van der Waals surface area (Å²) in [4.78, 5) is 12.7. The molecule has 5 nitrogen and oxygen atoms in total. The van der Waals surface area contributed by atoms with Crippen molar-refractivity contribution >= 4 is 33.3 Å². The summed E-state index contributed by atoms with van der Waals surface area (Å²) < 4.78 is 12.3. The molecule has 27 heavy (non-hydrogen) atoms. The van der Waals surface area contributed by atoms with Crippen LogP contribution in [0, 0.1) is 0 Å². The number of nitrogens with one attached hydrogen (secondary N) is 2. The van der Waals surface area contributed by atoms with E-state index >= 15 is 0 Å². The summed E-state index contributed by atoms with van der Waals surface area (Å²) in [6.07, 6.45) is 0. The second kappa shape index (κ2) is 5.58. The van der Waals surface area contributed by atoms with Crippen LogP contribution in [0.2, 0.25) is 0 Å². The summed E-state index contributed by atoms with van der Waals surface area (Å²) in [6, 6.07) is 19.3. The van der Waals surface area contributed by atoms with Crippen LogP contribution >= 0.6 is 0 Å². The van der Waals surface area contributed by atoms with E-state index in [0.717, 1.165) is 28.1 Å². The Labute approximate surface area is 158 Å². The average Bonchev–Trinajstić information content (AvgIpc) is 3.01. The number of carbonyl (C=O) groups is 1. The molecule has 5 rings (SSSR count). The van der Waals surface area contributed by atoms with Crippen LogP contribution in [0.5, 0.6) is 11.5 Å². The highest BCUT2D eigenvalue weighted by molar-refractivity contribution is 6.16. The first-order chi connectivity index (χ1) is 13.2. The molecule has 1 spiro atoms. The third-order valence-electron chi connectivity index (χ3n) is 5.29. The monoisotopic (exact) mass is 354 g/mol. The maximum Gasteiger partial charge on any atom is 0.340 e. The van der Waals surface area contributed by atoms with Crippen molar-refractivity contribution in [2.24, 2.45) is 0 Å². The number of carbonyl (C=O) groups excluding carboxylic acids is 1. The smallest absolute Gasteiger partial charge is 0.340 e. The van der Waals surface area contributed by atoms with Gasteiger partial charge in [0, 0.05) is 40.2 Å². The van der Waals surface area contributed by atoms with Crippen LogP contribution in [-0.4, -0.2) is 21.9 Å². The van der Waals surface area contributed by atoms with Gasteiger partial charge in [0.05, 0.1) is 5.56 Å². The molecule has 0 unspecified atom stereocenters. The normalized spacial score (nSPS) is 15.2. The molecule has 0 fully saturated rings. The Morgan fingerprint density at radius 1 is 0.778 bits per heavy atom. The Morgan fingerprint density at radius 3 is 1.96 bits per heavy atom. The lowest BCUT2D eigenvalue weighted by Gasteiger charge is -2.36. The Balaban J connectivity index is 1.86. The summed E-state index contributed by atoms with van der Waals surface area (Å²) in [5, 5.41) is 6.26. The van der Waals surface area contributed by atoms with Crippen molar-refractivity contribution < 1.29 is 14.3 Å². The summed E-state index contributed by atoms with van der Waals surface area (Å²) in [5.41, 5.74) is 3.93. The van der Waals surface area contributed by atoms with Crippen molar-refractivity contribution in [3.63, 3.8) is 0 Å². The van der Waals surface area contributed by atoms with E-state index in [2.05, 4.69) is 10.5 Å². The molecule has 0 bridgehead atoms. The molecule has 3 aromatic carbocycles. The molecule has 2 aliphatic heterocycles. The molecule has 2 aliphatic rings. The van der Waals surface area contributed by atoms with Crippen LogP contribution in [0.25, 0.3) is 0 Å². The average molecular weight is 354 g/mol. The van der Waals surface area contributed by atoms with Gasteiger partial charge in [-0.2, -0.15) is 0 Å². The molecule has 2 heterocycles. The summed E-state index contributed by atoms with van der Waals surface area (Å²) in [5.74, 6) is 1.03. The van der Waals surface area contributed by atoms with E-state index < -0.39 is 5.60 Å². The maximum absolute atomic E-state index is 12.7. The van der Waals surface area contributed by atoms with Gasteiger partial charge >= 0.3 is 5.97 Å². The topological polar surface area (TPSA) is 59.6 Å². The first-order valence-electron chi connectivity index (χ1n) is 8.82. The van der Waals surface area contributed by atoms with Crippen LogP contribution in [0.4, 0.5) is 11.4 Å². The van der Waals surface area contributed by atoms with Gasteiger partial charge in [-0.1, -0.05) is 18.2 Å². The molecule has 0 radical (unpaired) electrons. The zero-order valence-electron chi connectivity index (χ0n) is 15.0. The number of fused-ring (bicyclic) bond motifs is 6. The molecule has 0 saturated heterocycles. The number of benzene rings is 3. The highest BCUT2D eigenvalue weighted by Gasteiger charge is 2.53. The molecule has 130 valence electrons. The molecular formula is C20H16B2N2O3. The number of ether oxygens (including phenoxy) is 2. The number of anilines is 2. The Kier molecular flexibility index (Phi) is 3.28. The molecular weight excluding hydrogens is 338 g/mol. The standard InChI is InChI=1S/C20H16B2N2O3/c21-23-11-5-7-15-17(9-11)26-18-10-12(24-22)6-8-16(18)20(15)14-4-2-1-3-13(14)19(25)27-20/h1-10,23-24H,21-22H2. The van der Waals surface area contributed by atoms with Crippen LogP contribution in [-0.2, 0) is 10.3 Å². The SMILES string of the molecule is BNc1ccc2c(c1)Oc1cc(NB)ccc1C21OC(=O)c2ccccc21. The van der Waals surface area contributed by atoms with E-state index in [0.29, 0.717) is 17.1 Å². The van der Waals surface area contributed by atoms with E-state index in [-0.39, 0.29) is 5.97 Å². The van der Waals surface area contributed by atoms with Crippen LogP contribution in [0.1, 0.15) is 27.0 Å². The largest absolute Gasteiger partial charge is 0.456 e. The molecule has 0 aromatic heterocycles. The van der Waals surface area contributed by atoms with Crippen molar-refractivity contribution in [3.05, 3.63) is 82.9 Å². The minimum atomic E-state index is -1.00. The number of hydrogen-bond acceptors (Lipinski definition) is 5. The van der Waals surface area contributed by atoms with Gasteiger partial charge in [-0.25, -0.2) is 4.79 Å². The lowest BCUT2D eigenvalue weighted by Crippen LogP contribution is -2.33. The first-order valence-corrected chi connectivity index (χ1v) is 8.82. The molecule has 7 heteroatoms. The van der Waals surface area contributed by atoms with Crippen molar-refractivity contribution in [2.45, 2.75) is 5.60 Å². The van der Waals surface area contributed by atoms with E-state index in [4.69, 9.17) is 9.47 Å². The highest BCUT2D eigenvalue weighted by atomic mass is 16.6. The fraction of sp³-hybridized carbons (Fsp3) is 0.0500. The van der Waals surface area contributed by atoms with E-state index in [1.807, 2.05) is 76.6 Å². The predicted octanol–water partition coefficient (Wildman–Crippen LogP) is 2.17. The van der Waals surface area contributed by atoms with Gasteiger partial charge < -0.3 is 19.9 Å². The molecule has 0 saturated carbocycles. The number of esters is 1. The van der Waals surface area contributed by atoms with Gasteiger partial charge in [0.2, 0.25) is 16.0 Å². The first kappa shape index (κ1) is 15.9. The van der Waals surface area contributed by atoms with Crippen LogP contribution in [0.15, 0.2) is 60.7 Å². The van der Waals surface area contributed by atoms with Gasteiger partial charge in [0.1, 0.15) is 11.5 Å². The van der Waals surface area contributed by atoms with E-state index in [1.54, 1.807) is 0 Å².